The van der Waals surface area contributed by atoms with E-state index < -0.39 is 86.7 Å². The van der Waals surface area contributed by atoms with E-state index >= 15 is 5.21 Å². The molecular formula is C36H49NO11. The topological polar surface area (TPSA) is 139 Å². The largest absolute Gasteiger partial charge is 0.633 e. The number of carbonyl (C=O) groups excluding carboxylic acids is 3. The molecule has 1 heterocycles. The second-order valence-corrected chi connectivity index (χ2v) is 15.2. The molecule has 2 unspecified atom stereocenters. The molecule has 7 bridgehead atoms. The van der Waals surface area contributed by atoms with Crippen molar-refractivity contribution in [2.45, 2.75) is 88.1 Å². The summed E-state index contributed by atoms with van der Waals surface area (Å²) < 4.78 is 44.2. The second kappa shape index (κ2) is 11.5. The number of rotatable bonds is 10. The summed E-state index contributed by atoms with van der Waals surface area (Å²) in [4.78, 5) is 40.4. The van der Waals surface area contributed by atoms with Crippen LogP contribution < -0.4 is 0 Å². The fourth-order valence-electron chi connectivity index (χ4n) is 13.0. The van der Waals surface area contributed by atoms with Gasteiger partial charge in [-0.15, -0.1) is 0 Å². The third-order valence-electron chi connectivity index (χ3n) is 13.6. The van der Waals surface area contributed by atoms with Gasteiger partial charge in [0, 0.05) is 66.0 Å². The van der Waals surface area contributed by atoms with Gasteiger partial charge in [0.15, 0.2) is 11.7 Å². The van der Waals surface area contributed by atoms with Crippen molar-refractivity contribution in [1.29, 1.82) is 0 Å². The molecule has 1 saturated heterocycles. The van der Waals surface area contributed by atoms with E-state index in [0.29, 0.717) is 31.6 Å². The zero-order chi connectivity index (χ0) is 34.4. The smallest absolute Gasteiger partial charge is 0.338 e. The van der Waals surface area contributed by atoms with Gasteiger partial charge in [-0.05, 0) is 44.2 Å². The molecule has 0 aromatic heterocycles. The van der Waals surface area contributed by atoms with Crippen LogP contribution in [0, 0.1) is 39.7 Å². The fraction of sp³-hybridized carbons (Fsp3) is 0.750. The number of hydroxylamine groups is 3. The predicted octanol–water partition coefficient (Wildman–Crippen LogP) is 3.29. The lowest BCUT2D eigenvalue weighted by Crippen LogP contribution is -2.81. The van der Waals surface area contributed by atoms with E-state index in [1.807, 2.05) is 13.0 Å². The Balaban J connectivity index is 1.55. The molecule has 6 aliphatic rings. The van der Waals surface area contributed by atoms with Crippen molar-refractivity contribution in [3.05, 3.63) is 41.1 Å². The van der Waals surface area contributed by atoms with Crippen LogP contribution in [0.3, 0.4) is 0 Å². The summed E-state index contributed by atoms with van der Waals surface area (Å²) in [5.74, 6) is -3.55. The average molecular weight is 672 g/mol. The maximum Gasteiger partial charge on any atom is 0.338 e. The van der Waals surface area contributed by atoms with Gasteiger partial charge in [0.2, 0.25) is 0 Å². The lowest BCUT2D eigenvalue weighted by molar-refractivity contribution is -0.933. The van der Waals surface area contributed by atoms with Gasteiger partial charge in [-0.25, -0.2) is 4.79 Å². The number of benzene rings is 1. The number of hydrogen-bond donors (Lipinski definition) is 0. The van der Waals surface area contributed by atoms with E-state index in [1.54, 1.807) is 45.6 Å². The molecule has 1 aromatic carbocycles. The standard InChI is InChI=1S/C36H49NO11/c1-8-37(41)18-33(19-42-4)15-14-24(43-5)36-23-16-34(47-20(2)38)25(44-6)17-35(48-21(3)39,27(30(36)37)28(45-7)29(33)36)26(23)31(34)46-32(40)22-12-10-9-11-13-22/h9-13,23-31H,8,14-19H2,1-7H3/t23-,24+,25+,26-,27+,28+,29-,30?,31-,33+,34+,35-,36+,37?/m1/s1. The Morgan fingerprint density at radius 2 is 1.56 bits per heavy atom. The van der Waals surface area contributed by atoms with Crippen molar-refractivity contribution in [3.63, 3.8) is 0 Å². The Labute approximate surface area is 281 Å². The molecule has 1 aliphatic heterocycles. The van der Waals surface area contributed by atoms with Gasteiger partial charge in [0.1, 0.15) is 17.7 Å². The highest BCUT2D eigenvalue weighted by Gasteiger charge is 2.92. The SMILES string of the molecule is CC[N+]1([O-])C[C@]2(COC)CC[C@H](OC)[C@]34C1[C@H]([C@H](OC)[C@H]23)[C@@]1(OC(C)=O)C[C@H](OC)[C@@]2(OC(C)=O)C[C@@H]4[C@@H]1[C@H]2OC(=O)c1ccccc1. The van der Waals surface area contributed by atoms with Crippen LogP contribution in [0.25, 0.3) is 0 Å². The monoisotopic (exact) mass is 671 g/mol. The predicted molar refractivity (Wildman–Crippen MR) is 169 cm³/mol. The summed E-state index contributed by atoms with van der Waals surface area (Å²) >= 11 is 0. The first kappa shape index (κ1) is 33.9. The maximum atomic E-state index is 15.7. The summed E-state index contributed by atoms with van der Waals surface area (Å²) in [5, 5.41) is 15.7. The average Bonchev–Trinajstić information content (AvgIpc) is 3.47. The number of piperidine rings is 1. The Bertz CT molecular complexity index is 1460. The first-order valence-electron chi connectivity index (χ1n) is 17.2. The van der Waals surface area contributed by atoms with Gasteiger partial charge in [-0.2, -0.15) is 0 Å². The van der Waals surface area contributed by atoms with Crippen molar-refractivity contribution < 1.29 is 52.2 Å². The molecule has 12 heteroatoms. The number of quaternary nitrogens is 1. The minimum absolute atomic E-state index is 0.138. The molecule has 0 amide bonds. The van der Waals surface area contributed by atoms with Crippen molar-refractivity contribution in [2.24, 2.45) is 34.5 Å². The highest BCUT2D eigenvalue weighted by molar-refractivity contribution is 5.89. The van der Waals surface area contributed by atoms with E-state index in [0.717, 1.165) is 0 Å². The molecule has 0 radical (unpaired) electrons. The molecular weight excluding hydrogens is 622 g/mol. The molecule has 0 N–H and O–H groups in total. The second-order valence-electron chi connectivity index (χ2n) is 15.2. The van der Waals surface area contributed by atoms with Crippen LogP contribution in [0.2, 0.25) is 0 Å². The molecule has 264 valence electrons. The quantitative estimate of drug-likeness (QED) is 0.157. The molecule has 7 rings (SSSR count). The number of ether oxygens (including phenoxy) is 7. The van der Waals surface area contributed by atoms with Crippen LogP contribution in [0.15, 0.2) is 30.3 Å². The van der Waals surface area contributed by atoms with Gasteiger partial charge in [-0.1, -0.05) is 18.2 Å². The van der Waals surface area contributed by atoms with Crippen molar-refractivity contribution in [3.8, 4) is 0 Å². The molecule has 5 saturated carbocycles. The summed E-state index contributed by atoms with van der Waals surface area (Å²) in [5.41, 5.74) is -3.81. The van der Waals surface area contributed by atoms with Crippen molar-refractivity contribution >= 4 is 17.9 Å². The first-order valence-corrected chi connectivity index (χ1v) is 17.2. The minimum Gasteiger partial charge on any atom is -0.633 e. The van der Waals surface area contributed by atoms with E-state index in [4.69, 9.17) is 33.2 Å². The number of hydrogen-bond acceptors (Lipinski definition) is 11. The third kappa shape index (κ3) is 4.07. The molecule has 14 atom stereocenters. The van der Waals surface area contributed by atoms with Gasteiger partial charge >= 0.3 is 17.9 Å². The van der Waals surface area contributed by atoms with E-state index in [2.05, 4.69) is 0 Å². The number of carbonyl (C=O) groups is 3. The molecule has 1 spiro atoms. The van der Waals surface area contributed by atoms with Crippen LogP contribution in [0.4, 0.5) is 0 Å². The zero-order valence-corrected chi connectivity index (χ0v) is 29.0. The van der Waals surface area contributed by atoms with Gasteiger partial charge in [0.25, 0.3) is 0 Å². The summed E-state index contributed by atoms with van der Waals surface area (Å²) in [6.45, 7) is 5.61. The summed E-state index contributed by atoms with van der Waals surface area (Å²) in [7, 11) is 6.56. The van der Waals surface area contributed by atoms with Crippen LogP contribution in [-0.2, 0) is 42.7 Å². The van der Waals surface area contributed by atoms with Gasteiger partial charge in [-0.3, -0.25) is 9.59 Å². The normalized spacial score (nSPS) is 47.7. The molecule has 1 aromatic rings. The van der Waals surface area contributed by atoms with Crippen LogP contribution in [0.1, 0.15) is 56.8 Å². The number of likely N-dealkylation sites (tertiary alicyclic amines) is 1. The lowest BCUT2D eigenvalue weighted by atomic mass is 9.43. The summed E-state index contributed by atoms with van der Waals surface area (Å²) in [6, 6.07) is 8.07. The van der Waals surface area contributed by atoms with Crippen molar-refractivity contribution in [2.75, 3.05) is 48.1 Å². The Kier molecular flexibility index (Phi) is 8.09. The van der Waals surface area contributed by atoms with E-state index in [9.17, 15) is 14.4 Å². The molecule has 48 heavy (non-hydrogen) atoms. The van der Waals surface area contributed by atoms with E-state index in [1.165, 1.54) is 21.0 Å². The van der Waals surface area contributed by atoms with Crippen LogP contribution >= 0.6 is 0 Å². The Hall–Kier alpha value is -2.61. The first-order chi connectivity index (χ1) is 22.9. The number of fused-ring (bicyclic) bond motifs is 2. The fourth-order valence-corrected chi connectivity index (χ4v) is 13.0. The van der Waals surface area contributed by atoms with Crippen LogP contribution in [-0.4, -0.2) is 112 Å². The Morgan fingerprint density at radius 1 is 0.896 bits per heavy atom. The Morgan fingerprint density at radius 3 is 2.15 bits per heavy atom. The highest BCUT2D eigenvalue weighted by atomic mass is 16.6. The molecule has 12 nitrogen and oxygen atoms in total. The number of nitrogens with zero attached hydrogens (tertiary/aromatic N) is 1. The summed E-state index contributed by atoms with van der Waals surface area (Å²) in [6.07, 6.45) is -0.989. The number of esters is 3. The highest BCUT2D eigenvalue weighted by Crippen LogP contribution is 2.82. The maximum absolute atomic E-state index is 15.7. The van der Waals surface area contributed by atoms with Crippen molar-refractivity contribution in [1.82, 2.24) is 0 Å². The third-order valence-corrected chi connectivity index (χ3v) is 13.6. The van der Waals surface area contributed by atoms with E-state index in [-0.39, 0.29) is 31.4 Å². The van der Waals surface area contributed by atoms with Gasteiger partial charge in [0.05, 0.1) is 48.8 Å². The molecule has 6 fully saturated rings. The number of methoxy groups -OCH3 is 4. The zero-order valence-electron chi connectivity index (χ0n) is 29.0. The minimum atomic E-state index is -1.41. The lowest BCUT2D eigenvalue weighted by Gasteiger charge is -2.72. The molecule has 5 aliphatic carbocycles. The van der Waals surface area contributed by atoms with Gasteiger partial charge < -0.3 is 43.0 Å². The van der Waals surface area contributed by atoms with Crippen LogP contribution in [0.5, 0.6) is 0 Å².